The number of amides is 1. The van der Waals surface area contributed by atoms with Crippen molar-refractivity contribution < 1.29 is 9.32 Å². The molecule has 0 aliphatic carbocycles. The van der Waals surface area contributed by atoms with E-state index in [9.17, 15) is 4.79 Å². The lowest BCUT2D eigenvalue weighted by atomic mass is 10.0. The highest BCUT2D eigenvalue weighted by Gasteiger charge is 2.33. The van der Waals surface area contributed by atoms with Crippen LogP contribution >= 0.6 is 0 Å². The van der Waals surface area contributed by atoms with Crippen LogP contribution < -0.4 is 0 Å². The van der Waals surface area contributed by atoms with Crippen LogP contribution in [0, 0.1) is 0 Å². The van der Waals surface area contributed by atoms with Crippen LogP contribution in [0.1, 0.15) is 48.6 Å². The number of hydrogen-bond acceptors (Lipinski definition) is 6. The molecule has 0 bridgehead atoms. The fraction of sp³-hybridized carbons (Fsp3) is 0.389. The number of piperidine rings is 1. The Labute approximate surface area is 150 Å². The molecule has 26 heavy (non-hydrogen) atoms. The van der Waals surface area contributed by atoms with E-state index in [1.165, 1.54) is 0 Å². The second kappa shape index (κ2) is 7.07. The highest BCUT2D eigenvalue weighted by atomic mass is 16.5. The number of pyridine rings is 1. The molecule has 1 aliphatic heterocycles. The highest BCUT2D eigenvalue weighted by molar-refractivity contribution is 5.92. The third kappa shape index (κ3) is 3.10. The normalized spacial score (nSPS) is 17.4. The molecule has 1 saturated heterocycles. The maximum atomic E-state index is 12.9. The fourth-order valence-electron chi connectivity index (χ4n) is 3.22. The van der Waals surface area contributed by atoms with E-state index in [0.29, 0.717) is 24.0 Å². The molecule has 3 aromatic heterocycles. The average Bonchev–Trinajstić information content (AvgIpc) is 3.38. The zero-order valence-electron chi connectivity index (χ0n) is 14.6. The first-order chi connectivity index (χ1) is 12.8. The SMILES string of the molecule is CCn1ccc(C(=O)N2CCCCC2c2nc(-c3ccncc3)no2)n1. The summed E-state index contributed by atoms with van der Waals surface area (Å²) in [5, 5.41) is 8.41. The van der Waals surface area contributed by atoms with Gasteiger partial charge in [0, 0.05) is 37.2 Å². The van der Waals surface area contributed by atoms with Gasteiger partial charge in [-0.25, -0.2) is 0 Å². The van der Waals surface area contributed by atoms with Crippen molar-refractivity contribution in [1.29, 1.82) is 0 Å². The van der Waals surface area contributed by atoms with Crippen LogP contribution in [0.25, 0.3) is 11.4 Å². The molecule has 0 aromatic carbocycles. The molecule has 0 N–H and O–H groups in total. The molecule has 8 heteroatoms. The van der Waals surface area contributed by atoms with Crippen molar-refractivity contribution in [1.82, 2.24) is 29.8 Å². The molecule has 134 valence electrons. The van der Waals surface area contributed by atoms with Gasteiger partial charge in [0.2, 0.25) is 11.7 Å². The molecule has 8 nitrogen and oxygen atoms in total. The lowest BCUT2D eigenvalue weighted by Crippen LogP contribution is -2.39. The molecule has 1 atom stereocenters. The third-order valence-electron chi connectivity index (χ3n) is 4.61. The Hall–Kier alpha value is -3.03. The molecule has 0 radical (unpaired) electrons. The van der Waals surface area contributed by atoms with Crippen LogP contribution in [0.2, 0.25) is 0 Å². The summed E-state index contributed by atoms with van der Waals surface area (Å²) in [6, 6.07) is 5.20. The van der Waals surface area contributed by atoms with Gasteiger partial charge in [0.05, 0.1) is 0 Å². The lowest BCUT2D eigenvalue weighted by molar-refractivity contribution is 0.0554. The Balaban J connectivity index is 1.60. The van der Waals surface area contributed by atoms with Gasteiger partial charge in [-0.1, -0.05) is 5.16 Å². The first-order valence-electron chi connectivity index (χ1n) is 8.84. The monoisotopic (exact) mass is 352 g/mol. The summed E-state index contributed by atoms with van der Waals surface area (Å²) < 4.78 is 7.25. The van der Waals surface area contributed by atoms with Crippen molar-refractivity contribution >= 4 is 5.91 Å². The molecule has 1 aliphatic rings. The molecule has 0 spiro atoms. The standard InChI is InChI=1S/C18H20N6O2/c1-2-23-12-8-14(21-23)18(25)24-11-4-3-5-15(24)17-20-16(22-26-17)13-6-9-19-10-7-13/h6-10,12,15H,2-5,11H2,1H3. The predicted octanol–water partition coefficient (Wildman–Crippen LogP) is 2.72. The maximum Gasteiger partial charge on any atom is 0.275 e. The van der Waals surface area contributed by atoms with Gasteiger partial charge in [0.1, 0.15) is 11.7 Å². The minimum absolute atomic E-state index is 0.0921. The Morgan fingerprint density at radius 3 is 2.88 bits per heavy atom. The molecular weight excluding hydrogens is 332 g/mol. The number of aromatic nitrogens is 5. The zero-order chi connectivity index (χ0) is 17.9. The summed E-state index contributed by atoms with van der Waals surface area (Å²) >= 11 is 0. The molecule has 0 saturated carbocycles. The van der Waals surface area contributed by atoms with E-state index >= 15 is 0 Å². The summed E-state index contributed by atoms with van der Waals surface area (Å²) in [6.07, 6.45) is 7.98. The van der Waals surface area contributed by atoms with E-state index in [4.69, 9.17) is 4.52 Å². The van der Waals surface area contributed by atoms with Gasteiger partial charge in [-0.3, -0.25) is 14.5 Å². The number of rotatable bonds is 4. The summed E-state index contributed by atoms with van der Waals surface area (Å²) in [5.41, 5.74) is 1.29. The summed E-state index contributed by atoms with van der Waals surface area (Å²) in [7, 11) is 0. The number of carbonyl (C=O) groups is 1. The third-order valence-corrected chi connectivity index (χ3v) is 4.61. The summed E-state index contributed by atoms with van der Waals surface area (Å²) in [6.45, 7) is 3.38. The number of nitrogens with zero attached hydrogens (tertiary/aromatic N) is 6. The van der Waals surface area contributed by atoms with Gasteiger partial charge in [-0.05, 0) is 44.4 Å². The van der Waals surface area contributed by atoms with Gasteiger partial charge in [-0.2, -0.15) is 10.1 Å². The minimum Gasteiger partial charge on any atom is -0.337 e. The molecule has 1 unspecified atom stereocenters. The molecule has 1 fully saturated rings. The quantitative estimate of drug-likeness (QED) is 0.717. The van der Waals surface area contributed by atoms with Crippen molar-refractivity contribution in [2.24, 2.45) is 0 Å². The van der Waals surface area contributed by atoms with E-state index in [-0.39, 0.29) is 11.9 Å². The van der Waals surface area contributed by atoms with E-state index in [2.05, 4.69) is 20.2 Å². The van der Waals surface area contributed by atoms with Crippen LogP contribution in [0.4, 0.5) is 0 Å². The predicted molar refractivity (Wildman–Crippen MR) is 93.1 cm³/mol. The van der Waals surface area contributed by atoms with Gasteiger partial charge < -0.3 is 9.42 Å². The molecule has 1 amide bonds. The van der Waals surface area contributed by atoms with E-state index < -0.39 is 0 Å². The van der Waals surface area contributed by atoms with Crippen LogP contribution in [-0.4, -0.2) is 42.3 Å². The number of carbonyl (C=O) groups excluding carboxylic acids is 1. The summed E-state index contributed by atoms with van der Waals surface area (Å²) in [4.78, 5) is 23.3. The Morgan fingerprint density at radius 1 is 1.27 bits per heavy atom. The van der Waals surface area contributed by atoms with Crippen LogP contribution in [0.3, 0.4) is 0 Å². The van der Waals surface area contributed by atoms with Gasteiger partial charge >= 0.3 is 0 Å². The highest BCUT2D eigenvalue weighted by Crippen LogP contribution is 2.32. The van der Waals surface area contributed by atoms with E-state index in [1.54, 1.807) is 28.0 Å². The smallest absolute Gasteiger partial charge is 0.275 e. The van der Waals surface area contributed by atoms with E-state index in [0.717, 1.165) is 31.4 Å². The first-order valence-corrected chi connectivity index (χ1v) is 8.84. The minimum atomic E-state index is -0.217. The van der Waals surface area contributed by atoms with Crippen LogP contribution in [0.5, 0.6) is 0 Å². The topological polar surface area (TPSA) is 89.9 Å². The van der Waals surface area contributed by atoms with Crippen LogP contribution in [0.15, 0.2) is 41.3 Å². The van der Waals surface area contributed by atoms with Crippen molar-refractivity contribution in [3.63, 3.8) is 0 Å². The fourth-order valence-corrected chi connectivity index (χ4v) is 3.22. The average molecular weight is 352 g/mol. The molecular formula is C18H20N6O2. The van der Waals surface area contributed by atoms with Gasteiger partial charge in [0.15, 0.2) is 0 Å². The second-order valence-electron chi connectivity index (χ2n) is 6.26. The number of hydrogen-bond donors (Lipinski definition) is 0. The largest absolute Gasteiger partial charge is 0.337 e. The molecule has 4 rings (SSSR count). The Kier molecular flexibility index (Phi) is 4.47. The summed E-state index contributed by atoms with van der Waals surface area (Å²) in [5.74, 6) is 0.890. The van der Waals surface area contributed by atoms with Crippen molar-refractivity contribution in [2.45, 2.75) is 38.8 Å². The lowest BCUT2D eigenvalue weighted by Gasteiger charge is -2.32. The van der Waals surface area contributed by atoms with Crippen molar-refractivity contribution in [3.05, 3.63) is 48.4 Å². The Bertz CT molecular complexity index is 888. The second-order valence-corrected chi connectivity index (χ2v) is 6.26. The van der Waals surface area contributed by atoms with E-state index in [1.807, 2.05) is 25.3 Å². The number of likely N-dealkylation sites (tertiary alicyclic amines) is 1. The van der Waals surface area contributed by atoms with Gasteiger partial charge in [-0.15, -0.1) is 0 Å². The zero-order valence-corrected chi connectivity index (χ0v) is 14.6. The van der Waals surface area contributed by atoms with Gasteiger partial charge in [0.25, 0.3) is 5.91 Å². The van der Waals surface area contributed by atoms with Crippen molar-refractivity contribution in [2.75, 3.05) is 6.54 Å². The van der Waals surface area contributed by atoms with Crippen LogP contribution in [-0.2, 0) is 6.54 Å². The maximum absolute atomic E-state index is 12.9. The number of aryl methyl sites for hydroxylation is 1. The first kappa shape index (κ1) is 16.4. The molecule has 4 heterocycles. The van der Waals surface area contributed by atoms with Crippen molar-refractivity contribution in [3.8, 4) is 11.4 Å². The Morgan fingerprint density at radius 2 is 2.12 bits per heavy atom. The molecule has 3 aromatic rings.